The number of carbonyl (C=O) groups excluding carboxylic acids is 1. The van der Waals surface area contributed by atoms with E-state index in [4.69, 9.17) is 4.74 Å². The molecule has 0 aliphatic rings. The number of ketones is 1. The zero-order valence-electron chi connectivity index (χ0n) is 14.1. The fraction of sp³-hybridized carbons (Fsp3) is 0.211. The summed E-state index contributed by atoms with van der Waals surface area (Å²) >= 11 is 0. The second-order valence-electron chi connectivity index (χ2n) is 5.54. The number of carbonyl (C=O) groups is 1. The Morgan fingerprint density at radius 3 is 2.76 bits per heavy atom. The lowest BCUT2D eigenvalue weighted by Gasteiger charge is -2.14. The summed E-state index contributed by atoms with van der Waals surface area (Å²) in [7, 11) is 0. The maximum absolute atomic E-state index is 12.5. The number of nitrogens with zero attached hydrogens (tertiary/aromatic N) is 2. The Bertz CT molecular complexity index is 936. The average Bonchev–Trinajstić information content (AvgIpc) is 2.57. The highest BCUT2D eigenvalue weighted by molar-refractivity contribution is 6.01. The van der Waals surface area contributed by atoms with E-state index < -0.39 is 17.2 Å². The molecule has 1 aromatic carbocycles. The minimum Gasteiger partial charge on any atom is -0.494 e. The number of allylic oxidation sites excluding steroid dienone is 1. The smallest absolute Gasteiger partial charge is 0.271 e. The predicted molar refractivity (Wildman–Crippen MR) is 93.0 cm³/mol. The number of nitriles is 1. The van der Waals surface area contributed by atoms with Gasteiger partial charge in [0.05, 0.1) is 5.56 Å². The second kappa shape index (κ2) is 7.49. The number of pyridine rings is 1. The topological polar surface area (TPSA) is 92.3 Å². The molecule has 0 bridgehead atoms. The van der Waals surface area contributed by atoms with Gasteiger partial charge in [0, 0.05) is 6.54 Å². The average molecular weight is 338 g/mol. The molecule has 1 heterocycles. The molecule has 0 radical (unpaired) electrons. The number of aromatic nitrogens is 1. The van der Waals surface area contributed by atoms with E-state index in [1.165, 1.54) is 13.0 Å². The lowest BCUT2D eigenvalue weighted by Crippen LogP contribution is -2.27. The van der Waals surface area contributed by atoms with Crippen LogP contribution in [0.2, 0.25) is 0 Å². The van der Waals surface area contributed by atoms with Gasteiger partial charge in [-0.05, 0) is 37.1 Å². The van der Waals surface area contributed by atoms with Crippen molar-refractivity contribution in [2.45, 2.75) is 20.4 Å². The van der Waals surface area contributed by atoms with Crippen LogP contribution in [0.1, 0.15) is 27.0 Å². The van der Waals surface area contributed by atoms with Crippen molar-refractivity contribution in [3.05, 3.63) is 69.5 Å². The largest absolute Gasteiger partial charge is 0.494 e. The Morgan fingerprint density at radius 2 is 2.16 bits per heavy atom. The number of Topliss-reactive ketones (excluding diaryl/α,β-unsaturated/α-hetero) is 1. The molecule has 25 heavy (non-hydrogen) atoms. The van der Waals surface area contributed by atoms with Gasteiger partial charge in [0.2, 0.25) is 11.7 Å². The molecular weight excluding hydrogens is 320 g/mol. The minimum atomic E-state index is -0.659. The molecule has 0 saturated carbocycles. The zero-order valence-corrected chi connectivity index (χ0v) is 14.1. The van der Waals surface area contributed by atoms with E-state index >= 15 is 0 Å². The summed E-state index contributed by atoms with van der Waals surface area (Å²) in [5, 5.41) is 19.6. The van der Waals surface area contributed by atoms with Gasteiger partial charge in [-0.1, -0.05) is 18.2 Å². The van der Waals surface area contributed by atoms with Crippen LogP contribution in [-0.2, 0) is 6.54 Å². The van der Waals surface area contributed by atoms with E-state index in [1.54, 1.807) is 24.3 Å². The third-order valence-corrected chi connectivity index (χ3v) is 3.75. The van der Waals surface area contributed by atoms with Crippen molar-refractivity contribution in [1.29, 1.82) is 5.26 Å². The van der Waals surface area contributed by atoms with E-state index in [0.29, 0.717) is 5.75 Å². The van der Waals surface area contributed by atoms with E-state index in [1.807, 2.05) is 13.0 Å². The molecule has 2 rings (SSSR count). The molecule has 6 heteroatoms. The Labute approximate surface area is 145 Å². The van der Waals surface area contributed by atoms with Gasteiger partial charge in [0.15, 0.2) is 6.61 Å². The van der Waals surface area contributed by atoms with Gasteiger partial charge in [0.25, 0.3) is 5.56 Å². The van der Waals surface area contributed by atoms with Crippen molar-refractivity contribution >= 4 is 5.78 Å². The molecule has 0 saturated heterocycles. The molecule has 0 fully saturated rings. The highest BCUT2D eigenvalue weighted by Crippen LogP contribution is 2.23. The zero-order chi connectivity index (χ0) is 18.6. The van der Waals surface area contributed by atoms with Crippen molar-refractivity contribution in [3.63, 3.8) is 0 Å². The summed E-state index contributed by atoms with van der Waals surface area (Å²) in [5.41, 5.74) is 0.191. The Morgan fingerprint density at radius 1 is 1.44 bits per heavy atom. The van der Waals surface area contributed by atoms with Crippen LogP contribution in [0.5, 0.6) is 11.6 Å². The van der Waals surface area contributed by atoms with Crippen LogP contribution >= 0.6 is 0 Å². The molecule has 0 aliphatic heterocycles. The molecule has 0 unspecified atom stereocenters. The van der Waals surface area contributed by atoms with Gasteiger partial charge in [-0.25, -0.2) is 0 Å². The number of benzene rings is 1. The maximum atomic E-state index is 12.5. The van der Waals surface area contributed by atoms with E-state index in [-0.39, 0.29) is 29.8 Å². The summed E-state index contributed by atoms with van der Waals surface area (Å²) in [4.78, 5) is 24.8. The third kappa shape index (κ3) is 3.61. The fourth-order valence-corrected chi connectivity index (χ4v) is 2.51. The lowest BCUT2D eigenvalue weighted by atomic mass is 10.0. The van der Waals surface area contributed by atoms with Gasteiger partial charge in [-0.2, -0.15) is 5.26 Å². The van der Waals surface area contributed by atoms with Crippen LogP contribution in [-0.4, -0.2) is 22.1 Å². The Hall–Kier alpha value is -3.33. The molecule has 0 spiro atoms. The van der Waals surface area contributed by atoms with Crippen molar-refractivity contribution in [2.24, 2.45) is 0 Å². The van der Waals surface area contributed by atoms with E-state index in [2.05, 4.69) is 6.58 Å². The number of hydrogen-bond donors (Lipinski definition) is 1. The van der Waals surface area contributed by atoms with Crippen molar-refractivity contribution in [1.82, 2.24) is 4.57 Å². The summed E-state index contributed by atoms with van der Waals surface area (Å²) in [6, 6.07) is 8.99. The van der Waals surface area contributed by atoms with Gasteiger partial charge in [-0.3, -0.25) is 14.2 Å². The SMILES string of the molecule is C=CCn1c(O)c(C(=O)COc2cccc(C)c2)c(C)c(C#N)c1=O. The van der Waals surface area contributed by atoms with Crippen molar-refractivity contribution in [2.75, 3.05) is 6.61 Å². The first kappa shape index (κ1) is 18.0. The monoisotopic (exact) mass is 338 g/mol. The molecule has 0 amide bonds. The van der Waals surface area contributed by atoms with Gasteiger partial charge in [-0.15, -0.1) is 6.58 Å². The van der Waals surface area contributed by atoms with Crippen LogP contribution in [0, 0.1) is 25.2 Å². The maximum Gasteiger partial charge on any atom is 0.271 e. The molecule has 2 aromatic rings. The fourth-order valence-electron chi connectivity index (χ4n) is 2.51. The van der Waals surface area contributed by atoms with Gasteiger partial charge >= 0.3 is 0 Å². The summed E-state index contributed by atoms with van der Waals surface area (Å²) < 4.78 is 6.41. The number of aryl methyl sites for hydroxylation is 1. The molecular formula is C19H18N2O4. The quantitative estimate of drug-likeness (QED) is 0.645. The van der Waals surface area contributed by atoms with Gasteiger partial charge in [0.1, 0.15) is 17.4 Å². The van der Waals surface area contributed by atoms with E-state index in [0.717, 1.165) is 10.1 Å². The molecule has 6 nitrogen and oxygen atoms in total. The van der Waals surface area contributed by atoms with Crippen molar-refractivity contribution < 1.29 is 14.6 Å². The van der Waals surface area contributed by atoms with Gasteiger partial charge < -0.3 is 9.84 Å². The van der Waals surface area contributed by atoms with Crippen molar-refractivity contribution in [3.8, 4) is 17.7 Å². The number of ether oxygens (including phenoxy) is 1. The van der Waals surface area contributed by atoms with Crippen LogP contribution in [0.25, 0.3) is 0 Å². The molecule has 1 N–H and O–H groups in total. The number of aromatic hydroxyl groups is 1. The minimum absolute atomic E-state index is 0.0152. The highest BCUT2D eigenvalue weighted by Gasteiger charge is 2.23. The first-order valence-corrected chi connectivity index (χ1v) is 7.60. The summed E-state index contributed by atoms with van der Waals surface area (Å²) in [6.45, 7) is 6.53. The second-order valence-corrected chi connectivity index (χ2v) is 5.54. The first-order valence-electron chi connectivity index (χ1n) is 7.60. The number of rotatable bonds is 6. The standard InChI is InChI=1S/C19H18N2O4/c1-4-8-21-18(23)15(10-20)13(3)17(19(21)24)16(22)11-25-14-7-5-6-12(2)9-14/h4-7,9,24H,1,8,11H2,2-3H3. The van der Waals surface area contributed by atoms with Crippen LogP contribution in [0.4, 0.5) is 0 Å². The Balaban J connectivity index is 2.42. The van der Waals surface area contributed by atoms with Crippen LogP contribution in [0.3, 0.4) is 0 Å². The third-order valence-electron chi connectivity index (χ3n) is 3.75. The predicted octanol–water partition coefficient (Wildman–Crippen LogP) is 2.49. The summed E-state index contributed by atoms with van der Waals surface area (Å²) in [6.07, 6.45) is 1.40. The Kier molecular flexibility index (Phi) is 5.40. The van der Waals surface area contributed by atoms with E-state index in [9.17, 15) is 20.0 Å². The highest BCUT2D eigenvalue weighted by atomic mass is 16.5. The summed E-state index contributed by atoms with van der Waals surface area (Å²) in [5.74, 6) is -0.490. The van der Waals surface area contributed by atoms with Crippen LogP contribution in [0.15, 0.2) is 41.7 Å². The lowest BCUT2D eigenvalue weighted by molar-refractivity contribution is 0.0916. The molecule has 128 valence electrons. The molecule has 0 atom stereocenters. The normalized spacial score (nSPS) is 10.1. The first-order chi connectivity index (χ1) is 11.9. The molecule has 1 aromatic heterocycles. The number of hydrogen-bond acceptors (Lipinski definition) is 5. The van der Waals surface area contributed by atoms with Crippen LogP contribution < -0.4 is 10.3 Å². The molecule has 0 aliphatic carbocycles.